The topological polar surface area (TPSA) is 103 Å². The van der Waals surface area contributed by atoms with Crippen molar-refractivity contribution in [3.63, 3.8) is 0 Å². The summed E-state index contributed by atoms with van der Waals surface area (Å²) >= 11 is 0. The monoisotopic (exact) mass is 362 g/mol. The molecule has 1 aromatic heterocycles. The van der Waals surface area contributed by atoms with E-state index in [1.807, 2.05) is 13.0 Å². The Labute approximate surface area is 156 Å². The van der Waals surface area contributed by atoms with Gasteiger partial charge in [-0.15, -0.1) is 0 Å². The van der Waals surface area contributed by atoms with Crippen LogP contribution >= 0.6 is 0 Å². The standard InChI is InChI=1S/C20H19N5O2/c1-2-25(13-19(26)23-16-9-5-3-7-14(16)11-21)12-18-22-17-10-6-4-8-15(17)20(27)24-18/h3-10H,2,12-13H2,1H3,(H,23,26)(H,22,24,27)/p+1. The number of fused-ring (bicyclic) bond motifs is 1. The summed E-state index contributed by atoms with van der Waals surface area (Å²) in [5, 5.41) is 12.4. The minimum atomic E-state index is -0.197. The molecular formula is C20H20N5O2+. The van der Waals surface area contributed by atoms with E-state index in [0.29, 0.717) is 41.1 Å². The Hall–Kier alpha value is -3.50. The molecule has 7 nitrogen and oxygen atoms in total. The molecule has 3 rings (SSSR count). The number of hydrogen-bond acceptors (Lipinski definition) is 4. The first-order chi connectivity index (χ1) is 13.1. The first-order valence-corrected chi connectivity index (χ1v) is 8.71. The predicted octanol–water partition coefficient (Wildman–Crippen LogP) is 0.838. The number of aromatic amines is 1. The molecule has 1 atom stereocenters. The summed E-state index contributed by atoms with van der Waals surface area (Å²) < 4.78 is 0. The Morgan fingerprint density at radius 3 is 2.74 bits per heavy atom. The number of amides is 1. The third-order valence-electron chi connectivity index (χ3n) is 4.31. The minimum Gasteiger partial charge on any atom is -0.321 e. The van der Waals surface area contributed by atoms with Gasteiger partial charge in [-0.25, -0.2) is 4.98 Å². The Balaban J connectivity index is 1.71. The molecule has 27 heavy (non-hydrogen) atoms. The molecule has 0 fully saturated rings. The second-order valence-corrected chi connectivity index (χ2v) is 6.19. The van der Waals surface area contributed by atoms with Crippen LogP contribution in [0.5, 0.6) is 0 Å². The molecule has 0 saturated carbocycles. The van der Waals surface area contributed by atoms with Gasteiger partial charge < -0.3 is 15.2 Å². The zero-order chi connectivity index (χ0) is 19.2. The number of carbonyl (C=O) groups excluding carboxylic acids is 1. The molecule has 0 spiro atoms. The molecule has 0 aliphatic rings. The summed E-state index contributed by atoms with van der Waals surface area (Å²) in [7, 11) is 0. The van der Waals surface area contributed by atoms with E-state index < -0.39 is 0 Å². The van der Waals surface area contributed by atoms with Crippen molar-refractivity contribution < 1.29 is 9.69 Å². The van der Waals surface area contributed by atoms with Crippen LogP contribution in [0.25, 0.3) is 10.9 Å². The molecule has 0 saturated heterocycles. The van der Waals surface area contributed by atoms with Crippen LogP contribution in [0.1, 0.15) is 18.3 Å². The van der Waals surface area contributed by atoms with Crippen LogP contribution in [-0.4, -0.2) is 29.0 Å². The Kier molecular flexibility index (Phi) is 5.59. The van der Waals surface area contributed by atoms with Gasteiger partial charge in [-0.3, -0.25) is 9.59 Å². The number of H-pyrrole nitrogens is 1. The third-order valence-corrected chi connectivity index (χ3v) is 4.31. The van der Waals surface area contributed by atoms with E-state index >= 15 is 0 Å². The van der Waals surface area contributed by atoms with Crippen LogP contribution in [0.2, 0.25) is 0 Å². The first kappa shape index (κ1) is 18.3. The molecule has 3 aromatic rings. The summed E-state index contributed by atoms with van der Waals surface area (Å²) in [6, 6.07) is 16.1. The fraction of sp³-hybridized carbons (Fsp3) is 0.200. The lowest BCUT2D eigenvalue weighted by Gasteiger charge is -2.17. The summed E-state index contributed by atoms with van der Waals surface area (Å²) in [4.78, 5) is 32.8. The zero-order valence-electron chi connectivity index (χ0n) is 15.0. The highest BCUT2D eigenvalue weighted by molar-refractivity contribution is 5.92. The molecule has 0 bridgehead atoms. The summed E-state index contributed by atoms with van der Waals surface area (Å²) in [6.45, 7) is 3.27. The predicted molar refractivity (Wildman–Crippen MR) is 102 cm³/mol. The number of nitrogens with one attached hydrogen (secondary N) is 3. The fourth-order valence-electron chi connectivity index (χ4n) is 2.88. The van der Waals surface area contributed by atoms with E-state index in [2.05, 4.69) is 21.4 Å². The van der Waals surface area contributed by atoms with Gasteiger partial charge in [0, 0.05) is 0 Å². The van der Waals surface area contributed by atoms with E-state index in [1.165, 1.54) is 0 Å². The normalized spacial score (nSPS) is 11.7. The molecule has 0 aliphatic carbocycles. The van der Waals surface area contributed by atoms with Gasteiger partial charge in [0.25, 0.3) is 11.5 Å². The van der Waals surface area contributed by atoms with Crippen LogP contribution < -0.4 is 15.8 Å². The van der Waals surface area contributed by atoms with Crippen molar-refractivity contribution in [2.45, 2.75) is 13.5 Å². The number of nitriles is 1. The number of quaternary nitrogens is 1. The molecule has 1 heterocycles. The Morgan fingerprint density at radius 2 is 1.96 bits per heavy atom. The van der Waals surface area contributed by atoms with Crippen molar-refractivity contribution >= 4 is 22.5 Å². The lowest BCUT2D eigenvalue weighted by Crippen LogP contribution is -3.11. The van der Waals surface area contributed by atoms with E-state index in [9.17, 15) is 9.59 Å². The molecule has 136 valence electrons. The van der Waals surface area contributed by atoms with Crippen molar-refractivity contribution in [2.24, 2.45) is 0 Å². The SMILES string of the molecule is CC[NH+](CC(=O)Nc1ccccc1C#N)Cc1nc2ccccc2c(=O)[nH]1. The highest BCUT2D eigenvalue weighted by atomic mass is 16.2. The van der Waals surface area contributed by atoms with Crippen LogP contribution in [0.3, 0.4) is 0 Å². The smallest absolute Gasteiger partial charge is 0.279 e. The number of rotatable bonds is 6. The maximum atomic E-state index is 12.4. The number of likely N-dealkylation sites (N-methyl/N-ethyl adjacent to an activating group) is 1. The first-order valence-electron chi connectivity index (χ1n) is 8.71. The summed E-state index contributed by atoms with van der Waals surface area (Å²) in [5.74, 6) is 0.346. The fourth-order valence-corrected chi connectivity index (χ4v) is 2.88. The van der Waals surface area contributed by atoms with Gasteiger partial charge in [0.1, 0.15) is 12.6 Å². The maximum Gasteiger partial charge on any atom is 0.279 e. The summed E-state index contributed by atoms with van der Waals surface area (Å²) in [6.07, 6.45) is 0. The maximum absolute atomic E-state index is 12.4. The number of benzene rings is 2. The van der Waals surface area contributed by atoms with Gasteiger partial charge in [0.15, 0.2) is 12.4 Å². The molecule has 7 heteroatoms. The van der Waals surface area contributed by atoms with Crippen LogP contribution in [0.15, 0.2) is 53.3 Å². The number of anilines is 1. The second-order valence-electron chi connectivity index (χ2n) is 6.19. The Bertz CT molecular complexity index is 1070. The van der Waals surface area contributed by atoms with Crippen LogP contribution in [-0.2, 0) is 11.3 Å². The highest BCUT2D eigenvalue weighted by Gasteiger charge is 2.16. The van der Waals surface area contributed by atoms with Gasteiger partial charge in [0.05, 0.1) is 28.7 Å². The summed E-state index contributed by atoms with van der Waals surface area (Å²) in [5.41, 5.74) is 1.37. The molecular weight excluding hydrogens is 342 g/mol. The van der Waals surface area contributed by atoms with E-state index in [1.54, 1.807) is 42.5 Å². The van der Waals surface area contributed by atoms with Crippen LogP contribution in [0.4, 0.5) is 5.69 Å². The molecule has 2 aromatic carbocycles. The van der Waals surface area contributed by atoms with Gasteiger partial charge in [-0.05, 0) is 31.2 Å². The lowest BCUT2D eigenvalue weighted by molar-refractivity contribution is -0.904. The highest BCUT2D eigenvalue weighted by Crippen LogP contribution is 2.12. The second kappa shape index (κ2) is 8.25. The van der Waals surface area contributed by atoms with Crippen molar-refractivity contribution in [1.82, 2.24) is 9.97 Å². The van der Waals surface area contributed by atoms with E-state index in [-0.39, 0.29) is 18.0 Å². The van der Waals surface area contributed by atoms with Crippen molar-refractivity contribution in [3.05, 3.63) is 70.3 Å². The van der Waals surface area contributed by atoms with E-state index in [0.717, 1.165) is 4.90 Å². The number of hydrogen-bond donors (Lipinski definition) is 3. The van der Waals surface area contributed by atoms with Gasteiger partial charge in [-0.2, -0.15) is 5.26 Å². The average Bonchev–Trinajstić information content (AvgIpc) is 2.68. The molecule has 0 radical (unpaired) electrons. The molecule has 0 aliphatic heterocycles. The van der Waals surface area contributed by atoms with Crippen molar-refractivity contribution in [3.8, 4) is 6.07 Å². The Morgan fingerprint density at radius 1 is 1.22 bits per heavy atom. The molecule has 3 N–H and O–H groups in total. The van der Waals surface area contributed by atoms with Gasteiger partial charge in [0.2, 0.25) is 0 Å². The van der Waals surface area contributed by atoms with Gasteiger partial charge in [-0.1, -0.05) is 24.3 Å². The van der Waals surface area contributed by atoms with Gasteiger partial charge >= 0.3 is 0 Å². The van der Waals surface area contributed by atoms with Crippen molar-refractivity contribution in [2.75, 3.05) is 18.4 Å². The average molecular weight is 362 g/mol. The lowest BCUT2D eigenvalue weighted by atomic mass is 10.2. The molecule has 1 amide bonds. The third kappa shape index (κ3) is 4.37. The molecule has 1 unspecified atom stereocenters. The minimum absolute atomic E-state index is 0.182. The quantitative estimate of drug-likeness (QED) is 0.604. The largest absolute Gasteiger partial charge is 0.321 e. The van der Waals surface area contributed by atoms with Crippen molar-refractivity contribution in [1.29, 1.82) is 5.26 Å². The van der Waals surface area contributed by atoms with E-state index in [4.69, 9.17) is 5.26 Å². The zero-order valence-corrected chi connectivity index (χ0v) is 15.0. The van der Waals surface area contributed by atoms with Crippen LogP contribution in [0, 0.1) is 11.3 Å². The number of para-hydroxylation sites is 2. The number of carbonyl (C=O) groups is 1. The number of nitrogens with zero attached hydrogens (tertiary/aromatic N) is 2. The number of aromatic nitrogens is 2.